The van der Waals surface area contributed by atoms with Crippen molar-refractivity contribution in [2.75, 3.05) is 30.3 Å². The Labute approximate surface area is 249 Å². The fraction of sp³-hybridized carbons (Fsp3) is 0.303. The van der Waals surface area contributed by atoms with Crippen LogP contribution in [-0.4, -0.2) is 53.1 Å². The third-order valence-electron chi connectivity index (χ3n) is 7.74. The number of fused-ring (bicyclic) bond motifs is 1. The van der Waals surface area contributed by atoms with E-state index in [1.165, 1.54) is 23.9 Å². The van der Waals surface area contributed by atoms with Gasteiger partial charge in [0.05, 0.1) is 28.5 Å². The maximum atomic E-state index is 14.0. The van der Waals surface area contributed by atoms with E-state index in [2.05, 4.69) is 11.4 Å². The predicted molar refractivity (Wildman–Crippen MR) is 164 cm³/mol. The lowest BCUT2D eigenvalue weighted by atomic mass is 9.99. The van der Waals surface area contributed by atoms with Gasteiger partial charge in [0.15, 0.2) is 0 Å². The highest BCUT2D eigenvalue weighted by atomic mass is 32.2. The minimum atomic E-state index is -0.326. The zero-order valence-electron chi connectivity index (χ0n) is 23.7. The van der Waals surface area contributed by atoms with Crippen LogP contribution in [0.15, 0.2) is 72.8 Å². The first-order valence-electron chi connectivity index (χ1n) is 14.2. The molecule has 6 rings (SSSR count). The summed E-state index contributed by atoms with van der Waals surface area (Å²) >= 11 is 1.46. The van der Waals surface area contributed by atoms with Crippen LogP contribution in [0, 0.1) is 19.7 Å². The topological polar surface area (TPSA) is 76.5 Å². The van der Waals surface area contributed by atoms with Gasteiger partial charge in [0.25, 0.3) is 0 Å². The second-order valence-corrected chi connectivity index (χ2v) is 11.9. The Morgan fingerprint density at radius 1 is 1.10 bits per heavy atom. The number of carbonyl (C=O) groups excluding carboxylic acids is 2. The highest BCUT2D eigenvalue weighted by molar-refractivity contribution is 8.00. The molecule has 0 saturated carbocycles. The average molecular weight is 585 g/mol. The van der Waals surface area contributed by atoms with Gasteiger partial charge < -0.3 is 10.1 Å². The molecule has 42 heavy (non-hydrogen) atoms. The normalized spacial score (nSPS) is 18.5. The largest absolute Gasteiger partial charge is 0.376 e. The molecule has 2 atom stereocenters. The first-order chi connectivity index (χ1) is 20.4. The van der Waals surface area contributed by atoms with Crippen molar-refractivity contribution in [3.8, 4) is 16.9 Å². The SMILES string of the molecule is Cc1ccc(-n2nc(-c3ccccc3)c3c2N(CC(=O)NC[C@@H]2CCCO2)C(=O)CS[C@@H]3c2ccc(F)cc2)c(C)c1. The number of anilines is 1. The lowest BCUT2D eigenvalue weighted by Crippen LogP contribution is -2.44. The fourth-order valence-electron chi connectivity index (χ4n) is 5.67. The van der Waals surface area contributed by atoms with E-state index in [-0.39, 0.29) is 41.3 Å². The number of thioether (sulfide) groups is 1. The van der Waals surface area contributed by atoms with Crippen LogP contribution in [0.2, 0.25) is 0 Å². The lowest BCUT2D eigenvalue weighted by Gasteiger charge is -2.24. The monoisotopic (exact) mass is 584 g/mol. The van der Waals surface area contributed by atoms with E-state index in [0.29, 0.717) is 24.7 Å². The van der Waals surface area contributed by atoms with Crippen LogP contribution in [0.4, 0.5) is 10.2 Å². The van der Waals surface area contributed by atoms with Crippen LogP contribution in [0.3, 0.4) is 0 Å². The van der Waals surface area contributed by atoms with Gasteiger partial charge in [0.1, 0.15) is 18.2 Å². The molecule has 2 amide bonds. The Bertz CT molecular complexity index is 1600. The maximum absolute atomic E-state index is 14.0. The molecule has 0 aliphatic carbocycles. The van der Waals surface area contributed by atoms with Gasteiger partial charge in [-0.05, 0) is 56.0 Å². The molecular formula is C33H33FN4O3S. The van der Waals surface area contributed by atoms with Gasteiger partial charge in [-0.2, -0.15) is 5.10 Å². The Kier molecular flexibility index (Phi) is 8.13. The summed E-state index contributed by atoms with van der Waals surface area (Å²) < 4.78 is 21.5. The van der Waals surface area contributed by atoms with Crippen molar-refractivity contribution in [1.29, 1.82) is 0 Å². The zero-order chi connectivity index (χ0) is 29.2. The van der Waals surface area contributed by atoms with Gasteiger partial charge in [-0.25, -0.2) is 9.07 Å². The summed E-state index contributed by atoms with van der Waals surface area (Å²) in [4.78, 5) is 28.8. The third-order valence-corrected chi connectivity index (χ3v) is 9.00. The number of benzene rings is 3. The number of carbonyl (C=O) groups is 2. The Morgan fingerprint density at radius 2 is 1.88 bits per heavy atom. The van der Waals surface area contributed by atoms with Crippen molar-refractivity contribution in [2.45, 2.75) is 38.0 Å². The van der Waals surface area contributed by atoms with E-state index in [1.54, 1.807) is 21.7 Å². The number of hydrogen-bond donors (Lipinski definition) is 1. The van der Waals surface area contributed by atoms with E-state index >= 15 is 0 Å². The average Bonchev–Trinajstić information content (AvgIpc) is 3.62. The Morgan fingerprint density at radius 3 is 2.60 bits per heavy atom. The van der Waals surface area contributed by atoms with Gasteiger partial charge in [-0.3, -0.25) is 14.5 Å². The molecule has 7 nitrogen and oxygen atoms in total. The van der Waals surface area contributed by atoms with Gasteiger partial charge in [0.2, 0.25) is 11.8 Å². The number of rotatable bonds is 7. The first-order valence-corrected chi connectivity index (χ1v) is 15.3. The minimum absolute atomic E-state index is 0.00632. The zero-order valence-corrected chi connectivity index (χ0v) is 24.5. The lowest BCUT2D eigenvalue weighted by molar-refractivity contribution is -0.123. The summed E-state index contributed by atoms with van der Waals surface area (Å²) in [7, 11) is 0. The Hall–Kier alpha value is -3.95. The molecule has 1 aromatic heterocycles. The summed E-state index contributed by atoms with van der Waals surface area (Å²) in [6, 6.07) is 22.3. The van der Waals surface area contributed by atoms with Gasteiger partial charge in [0, 0.05) is 24.3 Å². The summed E-state index contributed by atoms with van der Waals surface area (Å²) in [5, 5.41) is 7.80. The van der Waals surface area contributed by atoms with E-state index in [0.717, 1.165) is 46.3 Å². The standard InChI is InChI=1S/C33H33FN4O3S/c1-21-10-15-27(22(2)17-21)38-33-30(31(36-38)23-7-4-3-5-8-23)32(24-11-13-25(34)14-12-24)42-20-29(40)37(33)19-28(39)35-18-26-9-6-16-41-26/h3-5,7-8,10-15,17,26,32H,6,9,16,18-20H2,1-2H3,(H,35,39)/t26-,32+/m0/s1. The minimum Gasteiger partial charge on any atom is -0.376 e. The quantitative estimate of drug-likeness (QED) is 0.299. The van der Waals surface area contributed by atoms with Crippen molar-refractivity contribution < 1.29 is 18.7 Å². The summed E-state index contributed by atoms with van der Waals surface area (Å²) in [6.45, 7) is 5.01. The number of nitrogens with zero attached hydrogens (tertiary/aromatic N) is 3. The van der Waals surface area contributed by atoms with Crippen LogP contribution in [-0.2, 0) is 14.3 Å². The van der Waals surface area contributed by atoms with Crippen molar-refractivity contribution >= 4 is 29.4 Å². The fourth-order valence-corrected chi connectivity index (χ4v) is 6.87. The van der Waals surface area contributed by atoms with Crippen LogP contribution >= 0.6 is 11.8 Å². The molecule has 0 unspecified atom stereocenters. The van der Waals surface area contributed by atoms with Crippen molar-refractivity contribution in [2.24, 2.45) is 0 Å². The van der Waals surface area contributed by atoms with Gasteiger partial charge >= 0.3 is 0 Å². The smallest absolute Gasteiger partial charge is 0.240 e. The van der Waals surface area contributed by atoms with E-state index in [1.807, 2.05) is 56.3 Å². The third kappa shape index (κ3) is 5.71. The van der Waals surface area contributed by atoms with Crippen molar-refractivity contribution in [1.82, 2.24) is 15.1 Å². The van der Waals surface area contributed by atoms with E-state index in [9.17, 15) is 14.0 Å². The molecule has 1 N–H and O–H groups in total. The van der Waals surface area contributed by atoms with Crippen molar-refractivity contribution in [3.63, 3.8) is 0 Å². The summed E-state index contributed by atoms with van der Waals surface area (Å²) in [5.74, 6) is -0.0742. The van der Waals surface area contributed by atoms with Crippen LogP contribution in [0.25, 0.3) is 16.9 Å². The molecule has 2 aliphatic rings. The van der Waals surface area contributed by atoms with Crippen molar-refractivity contribution in [3.05, 3.63) is 101 Å². The number of aromatic nitrogens is 2. The molecule has 9 heteroatoms. The second kappa shape index (κ2) is 12.1. The van der Waals surface area contributed by atoms with Crippen LogP contribution in [0.5, 0.6) is 0 Å². The highest BCUT2D eigenvalue weighted by Crippen LogP contribution is 2.48. The predicted octanol–water partition coefficient (Wildman–Crippen LogP) is 5.76. The van der Waals surface area contributed by atoms with Gasteiger partial charge in [-0.15, -0.1) is 11.8 Å². The number of nitrogens with one attached hydrogen (secondary N) is 1. The first kappa shape index (κ1) is 28.2. The van der Waals surface area contributed by atoms with E-state index in [4.69, 9.17) is 9.84 Å². The number of amides is 2. The summed E-state index contributed by atoms with van der Waals surface area (Å²) in [5.41, 5.74) is 6.20. The molecule has 0 bridgehead atoms. The molecular weight excluding hydrogens is 551 g/mol. The molecule has 3 aromatic carbocycles. The highest BCUT2D eigenvalue weighted by Gasteiger charge is 2.38. The summed E-state index contributed by atoms with van der Waals surface area (Å²) in [6.07, 6.45) is 1.88. The molecule has 0 radical (unpaired) electrons. The Balaban J connectivity index is 1.53. The molecule has 2 aliphatic heterocycles. The number of halogens is 1. The number of aryl methyl sites for hydroxylation is 2. The van der Waals surface area contributed by atoms with E-state index < -0.39 is 0 Å². The molecule has 0 spiro atoms. The molecule has 4 aromatic rings. The second-order valence-electron chi connectivity index (χ2n) is 10.8. The number of ether oxygens (including phenoxy) is 1. The molecule has 216 valence electrons. The molecule has 3 heterocycles. The van der Waals surface area contributed by atoms with Gasteiger partial charge in [-0.1, -0.05) is 60.2 Å². The number of hydrogen-bond acceptors (Lipinski definition) is 5. The van der Waals surface area contributed by atoms with Crippen LogP contribution < -0.4 is 10.2 Å². The van der Waals surface area contributed by atoms with Crippen LogP contribution in [0.1, 0.15) is 40.3 Å². The molecule has 1 fully saturated rings. The molecule has 1 saturated heterocycles. The maximum Gasteiger partial charge on any atom is 0.240 e.